The van der Waals surface area contributed by atoms with E-state index >= 15 is 0 Å². The maximum absolute atomic E-state index is 11.5. The number of rotatable bonds is 8. The summed E-state index contributed by atoms with van der Waals surface area (Å²) in [7, 11) is -1.85. The Morgan fingerprint density at radius 2 is 1.86 bits per heavy atom. The van der Waals surface area contributed by atoms with Gasteiger partial charge in [-0.3, -0.25) is 4.79 Å². The van der Waals surface area contributed by atoms with Gasteiger partial charge in [0.2, 0.25) is 0 Å². The van der Waals surface area contributed by atoms with Gasteiger partial charge in [-0.2, -0.15) is 0 Å². The Bertz CT molecular complexity index is 176. The lowest BCUT2D eigenvalue weighted by molar-refractivity contribution is -0.115. The van der Waals surface area contributed by atoms with Crippen molar-refractivity contribution in [2.24, 2.45) is 0 Å². The van der Waals surface area contributed by atoms with Crippen LogP contribution in [0.1, 0.15) is 27.2 Å². The van der Waals surface area contributed by atoms with Crippen LogP contribution in [-0.4, -0.2) is 28.3 Å². The second kappa shape index (κ2) is 7.91. The lowest BCUT2D eigenvalue weighted by Crippen LogP contribution is -2.32. The standard InChI is InChI=1S/C10H20O3Si/c1-5-9(11)10(6-2)14(12-7-3)13-8-4/h5,10,14H,1,6-8H2,2-4H3. The molecule has 0 saturated heterocycles. The van der Waals surface area contributed by atoms with Crippen LogP contribution in [0.2, 0.25) is 5.54 Å². The zero-order valence-electron chi connectivity index (χ0n) is 9.29. The highest BCUT2D eigenvalue weighted by Gasteiger charge is 2.28. The van der Waals surface area contributed by atoms with Crippen molar-refractivity contribution in [1.82, 2.24) is 0 Å². The molecule has 1 atom stereocenters. The van der Waals surface area contributed by atoms with Gasteiger partial charge in [-0.25, -0.2) is 0 Å². The van der Waals surface area contributed by atoms with Crippen LogP contribution >= 0.6 is 0 Å². The van der Waals surface area contributed by atoms with Crippen LogP contribution in [0, 0.1) is 0 Å². The van der Waals surface area contributed by atoms with E-state index in [0.717, 1.165) is 6.42 Å². The highest BCUT2D eigenvalue weighted by Crippen LogP contribution is 2.18. The van der Waals surface area contributed by atoms with Crippen LogP contribution in [-0.2, 0) is 13.6 Å². The lowest BCUT2D eigenvalue weighted by atomic mass is 10.2. The Morgan fingerprint density at radius 3 is 2.14 bits per heavy atom. The van der Waals surface area contributed by atoms with E-state index in [9.17, 15) is 4.79 Å². The average molecular weight is 216 g/mol. The molecule has 0 aliphatic rings. The number of hydrogen-bond donors (Lipinski definition) is 0. The largest absolute Gasteiger partial charge is 0.396 e. The molecule has 0 aromatic carbocycles. The monoisotopic (exact) mass is 216 g/mol. The van der Waals surface area contributed by atoms with Crippen molar-refractivity contribution in [3.8, 4) is 0 Å². The molecule has 0 amide bonds. The summed E-state index contributed by atoms with van der Waals surface area (Å²) in [6.07, 6.45) is 2.13. The minimum Gasteiger partial charge on any atom is -0.396 e. The molecule has 82 valence electrons. The maximum Gasteiger partial charge on any atom is 0.332 e. The van der Waals surface area contributed by atoms with Crippen LogP contribution < -0.4 is 0 Å². The van der Waals surface area contributed by atoms with Crippen LogP contribution in [0.3, 0.4) is 0 Å². The van der Waals surface area contributed by atoms with Gasteiger partial charge in [0.15, 0.2) is 5.78 Å². The van der Waals surface area contributed by atoms with Gasteiger partial charge in [-0.05, 0) is 26.3 Å². The van der Waals surface area contributed by atoms with Gasteiger partial charge < -0.3 is 8.85 Å². The number of hydrogen-bond acceptors (Lipinski definition) is 3. The van der Waals surface area contributed by atoms with Gasteiger partial charge in [0, 0.05) is 13.2 Å². The van der Waals surface area contributed by atoms with E-state index in [1.165, 1.54) is 6.08 Å². The lowest BCUT2D eigenvalue weighted by Gasteiger charge is -2.21. The van der Waals surface area contributed by atoms with Gasteiger partial charge in [0.1, 0.15) is 0 Å². The van der Waals surface area contributed by atoms with E-state index in [4.69, 9.17) is 8.85 Å². The average Bonchev–Trinajstić information content (AvgIpc) is 2.19. The minimum atomic E-state index is -1.85. The number of allylic oxidation sites excluding steroid dienone is 1. The predicted octanol–water partition coefficient (Wildman–Crippen LogP) is 1.82. The topological polar surface area (TPSA) is 35.5 Å². The molecule has 0 aliphatic carbocycles. The highest BCUT2D eigenvalue weighted by atomic mass is 28.3. The fraction of sp³-hybridized carbons (Fsp3) is 0.700. The van der Waals surface area contributed by atoms with Crippen molar-refractivity contribution in [2.75, 3.05) is 13.2 Å². The first-order chi connectivity index (χ1) is 6.71. The molecular weight excluding hydrogens is 196 g/mol. The molecule has 0 radical (unpaired) electrons. The normalized spacial score (nSPS) is 12.9. The van der Waals surface area contributed by atoms with Gasteiger partial charge in [0.05, 0.1) is 5.54 Å². The molecule has 0 aromatic rings. The zero-order chi connectivity index (χ0) is 11.0. The fourth-order valence-corrected chi connectivity index (χ4v) is 3.30. The van der Waals surface area contributed by atoms with Crippen LogP contribution in [0.15, 0.2) is 12.7 Å². The molecule has 3 nitrogen and oxygen atoms in total. The van der Waals surface area contributed by atoms with Crippen molar-refractivity contribution in [3.05, 3.63) is 12.7 Å². The molecule has 14 heavy (non-hydrogen) atoms. The first-order valence-corrected chi connectivity index (χ1v) is 6.71. The minimum absolute atomic E-state index is 0.0473. The summed E-state index contributed by atoms with van der Waals surface area (Å²) < 4.78 is 11.0. The molecule has 0 saturated carbocycles. The summed E-state index contributed by atoms with van der Waals surface area (Å²) in [5.41, 5.74) is -0.0904. The third-order valence-electron chi connectivity index (χ3n) is 2.00. The predicted molar refractivity (Wildman–Crippen MR) is 59.6 cm³/mol. The Balaban J connectivity index is 4.39. The zero-order valence-corrected chi connectivity index (χ0v) is 10.4. The first-order valence-electron chi connectivity index (χ1n) is 5.10. The summed E-state index contributed by atoms with van der Waals surface area (Å²) >= 11 is 0. The molecular formula is C10H20O3Si. The molecule has 4 heteroatoms. The van der Waals surface area contributed by atoms with E-state index in [-0.39, 0.29) is 11.3 Å². The molecule has 0 N–H and O–H groups in total. The van der Waals surface area contributed by atoms with Gasteiger partial charge in [0.25, 0.3) is 0 Å². The Kier molecular flexibility index (Phi) is 7.65. The number of carbonyl (C=O) groups is 1. The van der Waals surface area contributed by atoms with E-state index in [0.29, 0.717) is 13.2 Å². The molecule has 0 rings (SSSR count). The molecule has 0 aromatic heterocycles. The smallest absolute Gasteiger partial charge is 0.332 e. The highest BCUT2D eigenvalue weighted by molar-refractivity contribution is 6.52. The quantitative estimate of drug-likeness (QED) is 0.458. The van der Waals surface area contributed by atoms with Crippen molar-refractivity contribution in [2.45, 2.75) is 32.7 Å². The first kappa shape index (κ1) is 13.5. The SMILES string of the molecule is C=CC(=O)C(CC)[SiH](OCC)OCC. The van der Waals surface area contributed by atoms with Gasteiger partial charge in [-0.15, -0.1) is 0 Å². The van der Waals surface area contributed by atoms with E-state index in [2.05, 4.69) is 6.58 Å². The number of carbonyl (C=O) groups excluding carboxylic acids is 1. The molecule has 0 heterocycles. The summed E-state index contributed by atoms with van der Waals surface area (Å²) in [6, 6.07) is 0. The van der Waals surface area contributed by atoms with E-state index in [1.807, 2.05) is 20.8 Å². The van der Waals surface area contributed by atoms with Crippen molar-refractivity contribution >= 4 is 15.1 Å². The van der Waals surface area contributed by atoms with E-state index in [1.54, 1.807) is 0 Å². The van der Waals surface area contributed by atoms with Gasteiger partial charge in [-0.1, -0.05) is 13.5 Å². The van der Waals surface area contributed by atoms with Gasteiger partial charge >= 0.3 is 9.28 Å². The Hall–Kier alpha value is -0.453. The van der Waals surface area contributed by atoms with Crippen LogP contribution in [0.5, 0.6) is 0 Å². The molecule has 0 fully saturated rings. The van der Waals surface area contributed by atoms with Crippen molar-refractivity contribution in [1.29, 1.82) is 0 Å². The summed E-state index contributed by atoms with van der Waals surface area (Å²) in [6.45, 7) is 10.5. The van der Waals surface area contributed by atoms with E-state index < -0.39 is 9.28 Å². The Morgan fingerprint density at radius 1 is 1.36 bits per heavy atom. The summed E-state index contributed by atoms with van der Waals surface area (Å²) in [5.74, 6) is 0.0473. The Labute approximate surface area is 87.9 Å². The molecule has 0 spiro atoms. The van der Waals surface area contributed by atoms with Crippen LogP contribution in [0.25, 0.3) is 0 Å². The molecule has 0 bridgehead atoms. The third-order valence-corrected chi connectivity index (χ3v) is 4.78. The fourth-order valence-electron chi connectivity index (χ4n) is 1.29. The third kappa shape index (κ3) is 4.17. The second-order valence-electron chi connectivity index (χ2n) is 2.90. The maximum atomic E-state index is 11.5. The molecule has 1 unspecified atom stereocenters. The number of ketones is 1. The summed E-state index contributed by atoms with van der Waals surface area (Å²) in [5, 5.41) is 0. The van der Waals surface area contributed by atoms with Crippen molar-refractivity contribution < 1.29 is 13.6 Å². The summed E-state index contributed by atoms with van der Waals surface area (Å²) in [4.78, 5) is 11.5. The molecule has 0 aliphatic heterocycles. The van der Waals surface area contributed by atoms with Crippen molar-refractivity contribution in [3.63, 3.8) is 0 Å². The van der Waals surface area contributed by atoms with Crippen LogP contribution in [0.4, 0.5) is 0 Å². The second-order valence-corrected chi connectivity index (χ2v) is 5.11.